The third-order valence-electron chi connectivity index (χ3n) is 4.10. The lowest BCUT2D eigenvalue weighted by molar-refractivity contribution is -0.0572. The maximum absolute atomic E-state index is 12.9. The highest BCUT2D eigenvalue weighted by molar-refractivity contribution is 7.99. The van der Waals surface area contributed by atoms with Crippen molar-refractivity contribution >= 4 is 21.6 Å². The molecule has 0 aliphatic carbocycles. The summed E-state index contributed by atoms with van der Waals surface area (Å²) >= 11 is 1.82. The second-order valence-corrected chi connectivity index (χ2v) is 8.78. The number of thioether (sulfide) groups is 1. The van der Waals surface area contributed by atoms with Crippen LogP contribution in [0.4, 0.5) is 4.39 Å². The molecule has 2 saturated heterocycles. The fourth-order valence-electron chi connectivity index (χ4n) is 2.93. The summed E-state index contributed by atoms with van der Waals surface area (Å²) < 4.78 is 44.1. The van der Waals surface area contributed by atoms with Crippen LogP contribution in [0.3, 0.4) is 0 Å². The lowest BCUT2D eigenvalue weighted by Crippen LogP contribution is -2.44. The predicted octanol–water partition coefficient (Wildman–Crippen LogP) is 2.65. The molecule has 1 aromatic rings. The fourth-order valence-corrected chi connectivity index (χ4v) is 6.14. The Morgan fingerprint density at radius 1 is 1.30 bits per heavy atom. The van der Waals surface area contributed by atoms with Crippen molar-refractivity contribution < 1.29 is 17.5 Å². The lowest BCUT2D eigenvalue weighted by Gasteiger charge is -2.37. The monoisotopic (exact) mass is 316 g/mol. The van der Waals surface area contributed by atoms with Gasteiger partial charge < -0.3 is 4.74 Å². The van der Waals surface area contributed by atoms with Crippen LogP contribution in [0, 0.1) is 5.82 Å². The number of sulfone groups is 1. The van der Waals surface area contributed by atoms with Crippen molar-refractivity contribution in [2.75, 3.05) is 18.1 Å². The molecule has 0 bridgehead atoms. The van der Waals surface area contributed by atoms with Gasteiger partial charge in [-0.2, -0.15) is 11.8 Å². The predicted molar refractivity (Wildman–Crippen MR) is 77.2 cm³/mol. The highest BCUT2D eigenvalue weighted by atomic mass is 32.2. The summed E-state index contributed by atoms with van der Waals surface area (Å²) in [5.41, 5.74) is -0.263. The van der Waals surface area contributed by atoms with Gasteiger partial charge in [0, 0.05) is 12.4 Å². The van der Waals surface area contributed by atoms with Crippen LogP contribution in [0.5, 0.6) is 0 Å². The Labute approximate surface area is 122 Å². The second kappa shape index (κ2) is 5.31. The van der Waals surface area contributed by atoms with E-state index in [1.807, 2.05) is 11.8 Å². The third kappa shape index (κ3) is 2.61. The minimum atomic E-state index is -3.40. The third-order valence-corrected chi connectivity index (χ3v) is 7.53. The quantitative estimate of drug-likeness (QED) is 0.787. The Bertz CT molecular complexity index is 577. The molecule has 1 spiro atoms. The second-order valence-electron chi connectivity index (χ2n) is 5.45. The average molecular weight is 316 g/mol. The van der Waals surface area contributed by atoms with Gasteiger partial charge in [-0.1, -0.05) is 0 Å². The number of hydrogen-bond donors (Lipinski definition) is 0. The number of rotatable bonds is 2. The van der Waals surface area contributed by atoms with E-state index in [9.17, 15) is 12.8 Å². The zero-order valence-corrected chi connectivity index (χ0v) is 12.7. The van der Waals surface area contributed by atoms with Gasteiger partial charge in [0.1, 0.15) is 5.82 Å². The van der Waals surface area contributed by atoms with Crippen LogP contribution in [0.2, 0.25) is 0 Å². The molecule has 1 aromatic carbocycles. The first kappa shape index (κ1) is 14.4. The van der Waals surface area contributed by atoms with Gasteiger partial charge in [-0.05, 0) is 49.3 Å². The van der Waals surface area contributed by atoms with E-state index in [4.69, 9.17) is 4.74 Å². The van der Waals surface area contributed by atoms with E-state index in [1.165, 1.54) is 24.3 Å². The summed E-state index contributed by atoms with van der Waals surface area (Å²) in [5, 5.41) is -0.416. The van der Waals surface area contributed by atoms with E-state index in [2.05, 4.69) is 0 Å². The Balaban J connectivity index is 1.85. The van der Waals surface area contributed by atoms with Crippen LogP contribution in [-0.4, -0.2) is 37.4 Å². The molecule has 2 aliphatic rings. The van der Waals surface area contributed by atoms with Gasteiger partial charge in [-0.25, -0.2) is 12.8 Å². The largest absolute Gasteiger partial charge is 0.374 e. The van der Waals surface area contributed by atoms with Gasteiger partial charge in [-0.3, -0.25) is 0 Å². The lowest BCUT2D eigenvalue weighted by atomic mass is 9.93. The molecule has 3 rings (SSSR count). The van der Waals surface area contributed by atoms with Crippen LogP contribution in [0.25, 0.3) is 0 Å². The number of ether oxygens (including phenoxy) is 1. The summed E-state index contributed by atoms with van der Waals surface area (Å²) in [4.78, 5) is 0.214. The van der Waals surface area contributed by atoms with Crippen molar-refractivity contribution in [1.82, 2.24) is 0 Å². The van der Waals surface area contributed by atoms with Crippen LogP contribution < -0.4 is 0 Å². The Morgan fingerprint density at radius 3 is 2.70 bits per heavy atom. The van der Waals surface area contributed by atoms with Crippen molar-refractivity contribution in [2.24, 2.45) is 0 Å². The Kier molecular flexibility index (Phi) is 3.81. The summed E-state index contributed by atoms with van der Waals surface area (Å²) in [6, 6.07) is 5.12. The Hall–Kier alpha value is -0.590. The molecule has 0 N–H and O–H groups in total. The smallest absolute Gasteiger partial charge is 0.181 e. The molecular formula is C14H17FO3S2. The van der Waals surface area contributed by atoms with Crippen LogP contribution in [0.1, 0.15) is 19.3 Å². The molecule has 2 atom stereocenters. The molecule has 6 heteroatoms. The van der Waals surface area contributed by atoms with Crippen molar-refractivity contribution in [2.45, 2.75) is 35.0 Å². The summed E-state index contributed by atoms with van der Waals surface area (Å²) in [6.45, 7) is 0.492. The van der Waals surface area contributed by atoms with Gasteiger partial charge in [-0.15, -0.1) is 0 Å². The van der Waals surface area contributed by atoms with Crippen molar-refractivity contribution in [3.63, 3.8) is 0 Å². The number of halogens is 1. The average Bonchev–Trinajstić information content (AvgIpc) is 2.87. The molecular weight excluding hydrogens is 299 g/mol. The molecule has 0 aromatic heterocycles. The minimum Gasteiger partial charge on any atom is -0.374 e. The van der Waals surface area contributed by atoms with E-state index in [0.717, 1.165) is 17.9 Å². The van der Waals surface area contributed by atoms with Crippen molar-refractivity contribution in [1.29, 1.82) is 0 Å². The van der Waals surface area contributed by atoms with Gasteiger partial charge >= 0.3 is 0 Å². The van der Waals surface area contributed by atoms with Crippen LogP contribution in [-0.2, 0) is 14.6 Å². The zero-order chi connectivity index (χ0) is 14.2. The highest BCUT2D eigenvalue weighted by Crippen LogP contribution is 2.41. The first-order chi connectivity index (χ1) is 9.52. The van der Waals surface area contributed by atoms with Crippen LogP contribution >= 0.6 is 11.8 Å². The molecule has 2 aliphatic heterocycles. The van der Waals surface area contributed by atoms with Crippen molar-refractivity contribution in [3.8, 4) is 0 Å². The highest BCUT2D eigenvalue weighted by Gasteiger charge is 2.44. The van der Waals surface area contributed by atoms with Gasteiger partial charge in [0.05, 0.1) is 15.7 Å². The van der Waals surface area contributed by atoms with E-state index in [1.54, 1.807) is 0 Å². The van der Waals surface area contributed by atoms with Crippen LogP contribution in [0.15, 0.2) is 29.2 Å². The standard InChI is InChI=1S/C14H17FO3S2/c15-11-1-3-12(4-2-11)20(16,17)13-5-7-18-14(9-13)6-8-19-10-14/h1-4,13H,5-10H2. The molecule has 2 unspecified atom stereocenters. The molecule has 0 saturated carbocycles. The molecule has 3 nitrogen and oxygen atoms in total. The maximum Gasteiger partial charge on any atom is 0.181 e. The van der Waals surface area contributed by atoms with E-state index >= 15 is 0 Å². The van der Waals surface area contributed by atoms with Gasteiger partial charge in [0.15, 0.2) is 9.84 Å². The molecule has 0 amide bonds. The molecule has 0 radical (unpaired) electrons. The summed E-state index contributed by atoms with van der Waals surface area (Å²) in [5.74, 6) is 1.49. The summed E-state index contributed by atoms with van der Waals surface area (Å²) in [6.07, 6.45) is 2.00. The molecule has 110 valence electrons. The molecule has 20 heavy (non-hydrogen) atoms. The maximum atomic E-state index is 12.9. The van der Waals surface area contributed by atoms with E-state index < -0.39 is 20.9 Å². The molecule has 2 fully saturated rings. The first-order valence-corrected chi connectivity index (χ1v) is 9.43. The topological polar surface area (TPSA) is 43.4 Å². The zero-order valence-electron chi connectivity index (χ0n) is 11.0. The van der Waals surface area contributed by atoms with E-state index in [0.29, 0.717) is 19.4 Å². The number of hydrogen-bond acceptors (Lipinski definition) is 4. The van der Waals surface area contributed by atoms with Gasteiger partial charge in [0.2, 0.25) is 0 Å². The minimum absolute atomic E-state index is 0.214. The van der Waals surface area contributed by atoms with E-state index in [-0.39, 0.29) is 10.5 Å². The first-order valence-electron chi connectivity index (χ1n) is 6.73. The SMILES string of the molecule is O=S(=O)(c1ccc(F)cc1)C1CCOC2(CCSC2)C1. The van der Waals surface area contributed by atoms with Crippen molar-refractivity contribution in [3.05, 3.63) is 30.1 Å². The Morgan fingerprint density at radius 2 is 2.05 bits per heavy atom. The normalized spacial score (nSPS) is 30.8. The summed E-state index contributed by atoms with van der Waals surface area (Å²) in [7, 11) is -3.40. The fraction of sp³-hybridized carbons (Fsp3) is 0.571. The number of benzene rings is 1. The molecule has 2 heterocycles. The van der Waals surface area contributed by atoms with Gasteiger partial charge in [0.25, 0.3) is 0 Å².